The van der Waals surface area contributed by atoms with Crippen molar-refractivity contribution in [1.29, 1.82) is 0 Å². The Morgan fingerprint density at radius 3 is 2.59 bits per heavy atom. The largest absolute Gasteiger partial charge is 0.351 e. The summed E-state index contributed by atoms with van der Waals surface area (Å²) < 4.78 is 1.02. The van der Waals surface area contributed by atoms with Crippen molar-refractivity contribution in [2.45, 2.75) is 25.6 Å². The zero-order chi connectivity index (χ0) is 13.0. The van der Waals surface area contributed by atoms with Crippen molar-refractivity contribution < 1.29 is 4.79 Å². The maximum absolute atomic E-state index is 11.9. The van der Waals surface area contributed by atoms with Gasteiger partial charge in [-0.25, -0.2) is 0 Å². The van der Waals surface area contributed by atoms with Crippen LogP contribution >= 0.6 is 31.9 Å². The Kier molecular flexibility index (Phi) is 5.67. The predicted molar refractivity (Wildman–Crippen MR) is 78.8 cm³/mol. The number of carbonyl (C=O) groups excluding carboxylic acids is 1. The molecule has 94 valence electrons. The molecule has 1 aromatic carbocycles. The molecule has 0 heterocycles. The summed E-state index contributed by atoms with van der Waals surface area (Å²) in [4.78, 5) is 12.2. The molecule has 17 heavy (non-hydrogen) atoms. The fourth-order valence-electron chi connectivity index (χ4n) is 1.31. The summed E-state index contributed by atoms with van der Waals surface area (Å²) in [6.07, 6.45) is 0. The summed E-state index contributed by atoms with van der Waals surface area (Å²) >= 11 is 6.97. The second-order valence-electron chi connectivity index (χ2n) is 4.43. The quantitative estimate of drug-likeness (QED) is 0.808. The van der Waals surface area contributed by atoms with E-state index in [1.54, 1.807) is 0 Å². The Morgan fingerprint density at radius 1 is 1.41 bits per heavy atom. The highest BCUT2D eigenvalue weighted by molar-refractivity contribution is 9.10. The van der Waals surface area contributed by atoms with Gasteiger partial charge >= 0.3 is 0 Å². The van der Waals surface area contributed by atoms with E-state index in [1.165, 1.54) is 0 Å². The Labute approximate surface area is 119 Å². The molecule has 0 aliphatic heterocycles. The van der Waals surface area contributed by atoms with Gasteiger partial charge in [-0.05, 0) is 36.6 Å². The van der Waals surface area contributed by atoms with Gasteiger partial charge in [-0.3, -0.25) is 4.79 Å². The first-order valence-electron chi connectivity index (χ1n) is 5.60. The SMILES string of the molecule is Cc1cc(C(=O)NCC(Br)C(C)C)ccc1Br. The number of halogens is 2. The molecule has 0 saturated carbocycles. The van der Waals surface area contributed by atoms with Gasteiger partial charge in [0, 0.05) is 21.4 Å². The molecule has 1 unspecified atom stereocenters. The zero-order valence-corrected chi connectivity index (χ0v) is 13.4. The van der Waals surface area contributed by atoms with E-state index in [4.69, 9.17) is 0 Å². The lowest BCUT2D eigenvalue weighted by molar-refractivity contribution is 0.0953. The minimum atomic E-state index is -0.0225. The van der Waals surface area contributed by atoms with Gasteiger partial charge < -0.3 is 5.32 Å². The first kappa shape index (κ1) is 14.7. The average Bonchev–Trinajstić information content (AvgIpc) is 2.28. The van der Waals surface area contributed by atoms with E-state index in [9.17, 15) is 4.79 Å². The van der Waals surface area contributed by atoms with Crippen LogP contribution in [-0.2, 0) is 0 Å². The number of nitrogens with one attached hydrogen (secondary N) is 1. The minimum absolute atomic E-state index is 0.0225. The molecule has 1 atom stereocenters. The van der Waals surface area contributed by atoms with E-state index in [1.807, 2.05) is 25.1 Å². The maximum atomic E-state index is 11.9. The van der Waals surface area contributed by atoms with Crippen molar-refractivity contribution in [2.24, 2.45) is 5.92 Å². The summed E-state index contributed by atoms with van der Waals surface area (Å²) in [5.74, 6) is 0.479. The van der Waals surface area contributed by atoms with Crippen LogP contribution < -0.4 is 5.32 Å². The molecular formula is C13H17Br2NO. The van der Waals surface area contributed by atoms with Gasteiger partial charge in [0.05, 0.1) is 0 Å². The summed E-state index contributed by atoms with van der Waals surface area (Å²) in [6.45, 7) is 6.86. The highest BCUT2D eigenvalue weighted by Crippen LogP contribution is 2.17. The molecule has 0 saturated heterocycles. The van der Waals surface area contributed by atoms with Crippen LogP contribution in [0.5, 0.6) is 0 Å². The molecule has 4 heteroatoms. The lowest BCUT2D eigenvalue weighted by Crippen LogP contribution is -2.31. The Bertz CT molecular complexity index is 404. The van der Waals surface area contributed by atoms with Gasteiger partial charge in [0.15, 0.2) is 0 Å². The molecule has 0 radical (unpaired) electrons. The highest BCUT2D eigenvalue weighted by Gasteiger charge is 2.12. The van der Waals surface area contributed by atoms with E-state index in [2.05, 4.69) is 51.0 Å². The van der Waals surface area contributed by atoms with Crippen LogP contribution in [0.4, 0.5) is 0 Å². The Balaban J connectivity index is 2.61. The van der Waals surface area contributed by atoms with Gasteiger partial charge in [-0.15, -0.1) is 0 Å². The number of carbonyl (C=O) groups is 1. The van der Waals surface area contributed by atoms with Crippen LogP contribution in [0, 0.1) is 12.8 Å². The Hall–Kier alpha value is -0.350. The van der Waals surface area contributed by atoms with Gasteiger partial charge in [0.1, 0.15) is 0 Å². The molecule has 0 aliphatic rings. The number of rotatable bonds is 4. The van der Waals surface area contributed by atoms with Crippen molar-refractivity contribution in [1.82, 2.24) is 5.32 Å². The summed E-state index contributed by atoms with van der Waals surface area (Å²) in [7, 11) is 0. The molecule has 2 nitrogen and oxygen atoms in total. The summed E-state index contributed by atoms with van der Waals surface area (Å²) in [6, 6.07) is 5.61. The molecule has 0 aromatic heterocycles. The normalized spacial score (nSPS) is 12.6. The van der Waals surface area contributed by atoms with E-state index in [0.717, 1.165) is 10.0 Å². The smallest absolute Gasteiger partial charge is 0.251 e. The number of aryl methyl sites for hydroxylation is 1. The van der Waals surface area contributed by atoms with Crippen molar-refractivity contribution >= 4 is 37.8 Å². The first-order valence-corrected chi connectivity index (χ1v) is 7.31. The van der Waals surface area contributed by atoms with Gasteiger partial charge in [0.25, 0.3) is 5.91 Å². The van der Waals surface area contributed by atoms with Crippen molar-refractivity contribution in [2.75, 3.05) is 6.54 Å². The molecule has 1 rings (SSSR count). The van der Waals surface area contributed by atoms with Gasteiger partial charge in [-0.2, -0.15) is 0 Å². The van der Waals surface area contributed by atoms with Crippen LogP contribution in [0.1, 0.15) is 29.8 Å². The molecular weight excluding hydrogens is 346 g/mol. The predicted octanol–water partition coefficient (Wildman–Crippen LogP) is 3.91. The molecule has 1 amide bonds. The molecule has 0 spiro atoms. The van der Waals surface area contributed by atoms with Crippen molar-refractivity contribution in [3.05, 3.63) is 33.8 Å². The second kappa shape index (κ2) is 6.55. The lowest BCUT2D eigenvalue weighted by atomic mass is 10.1. The third-order valence-corrected chi connectivity index (χ3v) is 4.87. The second-order valence-corrected chi connectivity index (χ2v) is 6.46. The first-order chi connectivity index (χ1) is 7.91. The fourth-order valence-corrected chi connectivity index (χ4v) is 1.72. The lowest BCUT2D eigenvalue weighted by Gasteiger charge is -2.14. The monoisotopic (exact) mass is 361 g/mol. The van der Waals surface area contributed by atoms with Crippen molar-refractivity contribution in [3.63, 3.8) is 0 Å². The van der Waals surface area contributed by atoms with E-state index in [-0.39, 0.29) is 5.91 Å². The van der Waals surface area contributed by atoms with E-state index < -0.39 is 0 Å². The molecule has 0 aliphatic carbocycles. The van der Waals surface area contributed by atoms with Crippen molar-refractivity contribution in [3.8, 4) is 0 Å². The topological polar surface area (TPSA) is 29.1 Å². The summed E-state index contributed by atoms with van der Waals surface area (Å²) in [5, 5.41) is 2.93. The minimum Gasteiger partial charge on any atom is -0.351 e. The standard InChI is InChI=1S/C13H17Br2NO/c1-8(2)12(15)7-16-13(17)10-4-5-11(14)9(3)6-10/h4-6,8,12H,7H2,1-3H3,(H,16,17). The van der Waals surface area contributed by atoms with Crippen LogP contribution in [0.15, 0.2) is 22.7 Å². The van der Waals surface area contributed by atoms with Gasteiger partial charge in [0.2, 0.25) is 0 Å². The van der Waals surface area contributed by atoms with Crippen LogP contribution in [-0.4, -0.2) is 17.3 Å². The van der Waals surface area contributed by atoms with E-state index >= 15 is 0 Å². The third-order valence-electron chi connectivity index (χ3n) is 2.60. The molecule has 1 aromatic rings. The van der Waals surface area contributed by atoms with Gasteiger partial charge in [-0.1, -0.05) is 45.7 Å². The van der Waals surface area contributed by atoms with Crippen LogP contribution in [0.2, 0.25) is 0 Å². The average molecular weight is 363 g/mol. The molecule has 0 fully saturated rings. The number of amides is 1. The van der Waals surface area contributed by atoms with Crippen LogP contribution in [0.3, 0.4) is 0 Å². The summed E-state index contributed by atoms with van der Waals surface area (Å²) in [5.41, 5.74) is 1.77. The van der Waals surface area contributed by atoms with E-state index in [0.29, 0.717) is 22.9 Å². The van der Waals surface area contributed by atoms with Crippen LogP contribution in [0.25, 0.3) is 0 Å². The zero-order valence-electron chi connectivity index (χ0n) is 10.3. The molecule has 1 N–H and O–H groups in total. The number of hydrogen-bond acceptors (Lipinski definition) is 1. The maximum Gasteiger partial charge on any atom is 0.251 e. The third kappa shape index (κ3) is 4.43. The fraction of sp³-hybridized carbons (Fsp3) is 0.462. The number of alkyl halides is 1. The highest BCUT2D eigenvalue weighted by atomic mass is 79.9. The number of hydrogen-bond donors (Lipinski definition) is 1. The Morgan fingerprint density at radius 2 is 2.06 bits per heavy atom. The molecule has 0 bridgehead atoms. The number of benzene rings is 1.